The lowest BCUT2D eigenvalue weighted by Crippen LogP contribution is -2.62. The number of thioether (sulfide) groups is 1. The van der Waals surface area contributed by atoms with E-state index in [2.05, 4.69) is 0 Å². The van der Waals surface area contributed by atoms with Crippen LogP contribution in [0, 0.1) is 5.92 Å². The highest BCUT2D eigenvalue weighted by Crippen LogP contribution is 2.45. The van der Waals surface area contributed by atoms with Gasteiger partial charge in [0.25, 0.3) is 5.91 Å². The number of ether oxygens (including phenoxy) is 1. The topological polar surface area (TPSA) is 87.2 Å². The second-order valence-corrected chi connectivity index (χ2v) is 8.39. The van der Waals surface area contributed by atoms with Crippen molar-refractivity contribution in [1.82, 2.24) is 9.80 Å². The van der Waals surface area contributed by atoms with Crippen molar-refractivity contribution >= 4 is 29.5 Å². The summed E-state index contributed by atoms with van der Waals surface area (Å²) in [5.74, 6) is -0.646. The van der Waals surface area contributed by atoms with Gasteiger partial charge < -0.3 is 14.7 Å². The minimum absolute atomic E-state index is 0.0679. The highest BCUT2D eigenvalue weighted by Gasteiger charge is 2.52. The van der Waals surface area contributed by atoms with E-state index in [-0.39, 0.29) is 36.0 Å². The second-order valence-electron chi connectivity index (χ2n) is 7.28. The lowest BCUT2D eigenvalue weighted by Gasteiger charge is -2.50. The van der Waals surface area contributed by atoms with E-state index in [9.17, 15) is 19.5 Å². The fourth-order valence-corrected chi connectivity index (χ4v) is 4.45. The molecule has 2 atom stereocenters. The predicted octanol–water partition coefficient (Wildman–Crippen LogP) is 0.974. The first kappa shape index (κ1) is 19.8. The molecule has 0 spiro atoms. The van der Waals surface area contributed by atoms with E-state index < -0.39 is 17.5 Å². The zero-order chi connectivity index (χ0) is 18.9. The Bertz CT molecular complexity index is 611. The predicted molar refractivity (Wildman–Crippen MR) is 94.5 cm³/mol. The van der Waals surface area contributed by atoms with Gasteiger partial charge in [-0.1, -0.05) is 6.92 Å². The molecule has 8 heteroatoms. The first-order valence-electron chi connectivity index (χ1n) is 8.35. The standard InChI is InChI=1S/C17H26N2O5S/c1-6-11-14(22)19-13(10(8-20)9-25-16(11)19)15(23)18(5)7-12(21)24-17(2,3)4/h11,16,20H,6-9H2,1-5H3/t11-,16+/m0/s1. The summed E-state index contributed by atoms with van der Waals surface area (Å²) in [7, 11) is 1.49. The van der Waals surface area contributed by atoms with E-state index in [1.807, 2.05) is 6.92 Å². The minimum atomic E-state index is -0.634. The Labute approximate surface area is 152 Å². The van der Waals surface area contributed by atoms with E-state index in [1.54, 1.807) is 32.5 Å². The molecule has 0 aromatic heterocycles. The molecule has 7 nitrogen and oxygen atoms in total. The number of aliphatic hydroxyl groups excluding tert-OH is 1. The summed E-state index contributed by atoms with van der Waals surface area (Å²) < 4.78 is 5.23. The maximum atomic E-state index is 12.8. The lowest BCUT2D eigenvalue weighted by atomic mass is 9.93. The Balaban J connectivity index is 2.16. The first-order chi connectivity index (χ1) is 11.6. The maximum Gasteiger partial charge on any atom is 0.326 e. The van der Waals surface area contributed by atoms with Crippen LogP contribution in [0.5, 0.6) is 0 Å². The molecule has 2 amide bonds. The number of amides is 2. The monoisotopic (exact) mass is 370 g/mol. The van der Waals surface area contributed by atoms with Crippen molar-refractivity contribution < 1.29 is 24.2 Å². The van der Waals surface area contributed by atoms with Crippen molar-refractivity contribution in [1.29, 1.82) is 0 Å². The molecule has 2 aliphatic rings. The fraction of sp³-hybridized carbons (Fsp3) is 0.706. The van der Waals surface area contributed by atoms with E-state index in [4.69, 9.17) is 4.74 Å². The average Bonchev–Trinajstić information content (AvgIpc) is 2.51. The van der Waals surface area contributed by atoms with E-state index >= 15 is 0 Å². The van der Waals surface area contributed by atoms with Crippen LogP contribution in [0.15, 0.2) is 11.3 Å². The molecule has 0 unspecified atom stereocenters. The van der Waals surface area contributed by atoms with E-state index in [0.29, 0.717) is 11.3 Å². The van der Waals surface area contributed by atoms with Gasteiger partial charge in [0.2, 0.25) is 5.91 Å². The highest BCUT2D eigenvalue weighted by atomic mass is 32.2. The normalized spacial score (nSPS) is 23.1. The van der Waals surface area contributed by atoms with Gasteiger partial charge in [0.1, 0.15) is 17.8 Å². The van der Waals surface area contributed by atoms with Gasteiger partial charge in [-0.15, -0.1) is 11.8 Å². The van der Waals surface area contributed by atoms with Crippen LogP contribution in [-0.2, 0) is 19.1 Å². The van der Waals surface area contributed by atoms with Crippen molar-refractivity contribution in [2.24, 2.45) is 5.92 Å². The number of hydrogen-bond donors (Lipinski definition) is 1. The lowest BCUT2D eigenvalue weighted by molar-refractivity contribution is -0.158. The summed E-state index contributed by atoms with van der Waals surface area (Å²) in [5, 5.41) is 9.52. The molecule has 1 fully saturated rings. The molecular weight excluding hydrogens is 344 g/mol. The molecule has 0 radical (unpaired) electrons. The molecule has 140 valence electrons. The van der Waals surface area contributed by atoms with Crippen molar-refractivity contribution in [2.75, 3.05) is 26.0 Å². The molecule has 1 N–H and O–H groups in total. The zero-order valence-electron chi connectivity index (χ0n) is 15.4. The van der Waals surface area contributed by atoms with Crippen LogP contribution in [0.3, 0.4) is 0 Å². The molecule has 2 rings (SSSR count). The summed E-state index contributed by atoms with van der Waals surface area (Å²) >= 11 is 1.56. The van der Waals surface area contributed by atoms with E-state index in [0.717, 1.165) is 6.42 Å². The van der Waals surface area contributed by atoms with Crippen LogP contribution in [0.25, 0.3) is 0 Å². The van der Waals surface area contributed by atoms with Crippen LogP contribution in [-0.4, -0.2) is 69.6 Å². The molecule has 25 heavy (non-hydrogen) atoms. The van der Waals surface area contributed by atoms with Crippen molar-refractivity contribution in [2.45, 2.75) is 45.1 Å². The Morgan fingerprint density at radius 2 is 2.04 bits per heavy atom. The summed E-state index contributed by atoms with van der Waals surface area (Å²) in [5.41, 5.74) is 0.0994. The van der Waals surface area contributed by atoms with Gasteiger partial charge in [-0.3, -0.25) is 19.3 Å². The van der Waals surface area contributed by atoms with Gasteiger partial charge in [0.05, 0.1) is 17.9 Å². The van der Waals surface area contributed by atoms with Gasteiger partial charge in [-0.25, -0.2) is 0 Å². The molecule has 2 aliphatic heterocycles. The molecule has 1 saturated heterocycles. The molecule has 2 heterocycles. The van der Waals surface area contributed by atoms with Crippen molar-refractivity contribution in [3.8, 4) is 0 Å². The number of esters is 1. The SMILES string of the molecule is CC[C@H]1C(=O)N2C(C(=O)N(C)CC(=O)OC(C)(C)C)=C(CO)CS[C@H]12. The number of β-lactam (4-membered cyclic amide) rings is 1. The molecule has 0 aromatic rings. The Hall–Kier alpha value is -1.54. The number of likely N-dealkylation sites (N-methyl/N-ethyl adjacent to an activating group) is 1. The molecule has 0 saturated carbocycles. The van der Waals surface area contributed by atoms with Gasteiger partial charge in [0.15, 0.2) is 0 Å². The number of carbonyl (C=O) groups is 3. The summed E-state index contributed by atoms with van der Waals surface area (Å²) in [6, 6.07) is 0. The number of aliphatic hydroxyl groups is 1. The number of hydrogen-bond acceptors (Lipinski definition) is 6. The van der Waals surface area contributed by atoms with Crippen molar-refractivity contribution in [3.05, 3.63) is 11.3 Å². The quantitative estimate of drug-likeness (QED) is 0.573. The molecule has 0 bridgehead atoms. The summed E-state index contributed by atoms with van der Waals surface area (Å²) in [4.78, 5) is 39.9. The molecule has 0 aromatic carbocycles. The number of carbonyl (C=O) groups excluding carboxylic acids is 3. The fourth-order valence-electron chi connectivity index (χ4n) is 2.95. The minimum Gasteiger partial charge on any atom is -0.459 e. The van der Waals surface area contributed by atoms with Crippen molar-refractivity contribution in [3.63, 3.8) is 0 Å². The van der Waals surface area contributed by atoms with Gasteiger partial charge in [0, 0.05) is 12.8 Å². The largest absolute Gasteiger partial charge is 0.459 e. The third kappa shape index (κ3) is 4.00. The summed E-state index contributed by atoms with van der Waals surface area (Å²) in [6.07, 6.45) is 0.719. The summed E-state index contributed by atoms with van der Waals surface area (Å²) in [6.45, 7) is 6.71. The maximum absolute atomic E-state index is 12.8. The molecule has 0 aliphatic carbocycles. The smallest absolute Gasteiger partial charge is 0.326 e. The highest BCUT2D eigenvalue weighted by molar-refractivity contribution is 8.00. The van der Waals surface area contributed by atoms with Crippen LogP contribution in [0.4, 0.5) is 0 Å². The number of rotatable bonds is 5. The first-order valence-corrected chi connectivity index (χ1v) is 9.40. The Kier molecular flexibility index (Phi) is 5.83. The van der Waals surface area contributed by atoms with Gasteiger partial charge in [-0.05, 0) is 32.8 Å². The van der Waals surface area contributed by atoms with Crippen LogP contribution in [0.1, 0.15) is 34.1 Å². The van der Waals surface area contributed by atoms with Gasteiger partial charge >= 0.3 is 5.97 Å². The molecular formula is C17H26N2O5S. The van der Waals surface area contributed by atoms with E-state index in [1.165, 1.54) is 16.8 Å². The average molecular weight is 370 g/mol. The van der Waals surface area contributed by atoms with Crippen LogP contribution in [0.2, 0.25) is 0 Å². The van der Waals surface area contributed by atoms with Crippen LogP contribution >= 0.6 is 11.8 Å². The van der Waals surface area contributed by atoms with Crippen LogP contribution < -0.4 is 0 Å². The zero-order valence-corrected chi connectivity index (χ0v) is 16.2. The second kappa shape index (κ2) is 7.37. The third-order valence-corrected chi connectivity index (χ3v) is 5.52. The number of nitrogens with zero attached hydrogens (tertiary/aromatic N) is 2. The van der Waals surface area contributed by atoms with Gasteiger partial charge in [-0.2, -0.15) is 0 Å². The third-order valence-electron chi connectivity index (χ3n) is 4.12. The Morgan fingerprint density at radius 3 is 2.56 bits per heavy atom. The Morgan fingerprint density at radius 1 is 1.40 bits per heavy atom. The number of fused-ring (bicyclic) bond motifs is 1.